The lowest BCUT2D eigenvalue weighted by molar-refractivity contribution is 0.620. The fourth-order valence-electron chi connectivity index (χ4n) is 7.14. The molecule has 0 atom stereocenters. The van der Waals surface area contributed by atoms with Crippen molar-refractivity contribution >= 4 is 61.0 Å². The molecule has 5 heteroatoms. The number of hydrogen-bond donors (Lipinski definition) is 0. The maximum atomic E-state index is 6.53. The number of fused-ring (bicyclic) bond motifs is 5. The van der Waals surface area contributed by atoms with E-state index in [9.17, 15) is 0 Å². The molecule has 3 heterocycles. The number of hydrogen-bond acceptors (Lipinski definition) is 5. The van der Waals surface area contributed by atoms with Gasteiger partial charge in [-0.1, -0.05) is 115 Å². The van der Waals surface area contributed by atoms with Crippen LogP contribution in [0.25, 0.3) is 77.5 Å². The van der Waals surface area contributed by atoms with Crippen LogP contribution in [0.5, 0.6) is 0 Å². The molecule has 0 saturated carbocycles. The summed E-state index contributed by atoms with van der Waals surface area (Å²) in [7, 11) is 0. The van der Waals surface area contributed by atoms with Gasteiger partial charge < -0.3 is 8.83 Å². The molecule has 0 fully saturated rings. The number of benzene rings is 7. The fraction of sp³-hybridized carbons (Fsp3) is 0. The number of nitrogens with zero attached hydrogens (tertiary/aromatic N) is 3. The molecule has 5 nitrogen and oxygen atoms in total. The van der Waals surface area contributed by atoms with Crippen molar-refractivity contribution in [2.45, 2.75) is 0 Å². The minimum Gasteiger partial charge on any atom is -0.456 e. The second-order valence-electron chi connectivity index (χ2n) is 12.6. The minimum absolute atomic E-state index is 0.555. The van der Waals surface area contributed by atoms with E-state index in [0.29, 0.717) is 5.89 Å². The predicted molar refractivity (Wildman–Crippen MR) is 208 cm³/mol. The summed E-state index contributed by atoms with van der Waals surface area (Å²) in [5.41, 5.74) is 10.5. The molecule has 3 aromatic heterocycles. The van der Waals surface area contributed by atoms with Crippen LogP contribution < -0.4 is 4.90 Å². The van der Waals surface area contributed by atoms with Crippen LogP contribution >= 0.6 is 0 Å². The second kappa shape index (κ2) is 11.9. The van der Waals surface area contributed by atoms with Gasteiger partial charge >= 0.3 is 0 Å². The highest BCUT2D eigenvalue weighted by Gasteiger charge is 2.21. The molecule has 0 spiro atoms. The van der Waals surface area contributed by atoms with Gasteiger partial charge in [0.2, 0.25) is 5.89 Å². The van der Waals surface area contributed by atoms with Crippen molar-refractivity contribution in [3.63, 3.8) is 0 Å². The minimum atomic E-state index is 0.555. The Morgan fingerprint density at radius 1 is 0.451 bits per heavy atom. The second-order valence-corrected chi connectivity index (χ2v) is 12.6. The zero-order valence-corrected chi connectivity index (χ0v) is 27.4. The average molecular weight is 656 g/mol. The molecule has 0 aliphatic rings. The topological polar surface area (TPSA) is 55.3 Å². The summed E-state index contributed by atoms with van der Waals surface area (Å²) in [5.74, 6) is 1.30. The zero-order chi connectivity index (χ0) is 33.7. The molecule has 0 radical (unpaired) electrons. The van der Waals surface area contributed by atoms with Crippen molar-refractivity contribution in [2.75, 3.05) is 4.90 Å². The highest BCUT2D eigenvalue weighted by atomic mass is 16.3. The standard InChI is InChI=1S/C46H29N3O2/c1-2-11-30(12-3-1)33-15-8-16-35(27-33)49(34-25-23-32(24-26-34)37-18-9-14-31-13-4-5-17-36(31)37)44-28-43-39(29-47-44)45-38(19-10-22-42(45)50-43)46-48-40-20-6-7-21-41(40)51-46/h1-29H. The number of aromatic nitrogens is 2. The first-order valence-corrected chi connectivity index (χ1v) is 17.0. The fourth-order valence-corrected chi connectivity index (χ4v) is 7.14. The molecular formula is C46H29N3O2. The van der Waals surface area contributed by atoms with Crippen molar-refractivity contribution in [1.29, 1.82) is 0 Å². The first-order chi connectivity index (χ1) is 25.3. The summed E-state index contributed by atoms with van der Waals surface area (Å²) >= 11 is 0. The van der Waals surface area contributed by atoms with E-state index in [1.54, 1.807) is 0 Å². The van der Waals surface area contributed by atoms with Crippen molar-refractivity contribution in [3.8, 4) is 33.7 Å². The Morgan fingerprint density at radius 2 is 1.18 bits per heavy atom. The quantitative estimate of drug-likeness (QED) is 0.178. The third kappa shape index (κ3) is 5.03. The van der Waals surface area contributed by atoms with E-state index in [1.807, 2.05) is 60.8 Å². The number of pyridine rings is 1. The summed E-state index contributed by atoms with van der Waals surface area (Å²) in [6.45, 7) is 0. The first kappa shape index (κ1) is 29.0. The van der Waals surface area contributed by atoms with E-state index in [2.05, 4.69) is 120 Å². The molecule has 10 rings (SSSR count). The van der Waals surface area contributed by atoms with Crippen LogP contribution in [0.3, 0.4) is 0 Å². The largest absolute Gasteiger partial charge is 0.456 e. The van der Waals surface area contributed by atoms with Gasteiger partial charge in [-0.25, -0.2) is 9.97 Å². The van der Waals surface area contributed by atoms with E-state index in [4.69, 9.17) is 18.8 Å². The molecule has 240 valence electrons. The van der Waals surface area contributed by atoms with Gasteiger partial charge in [0.15, 0.2) is 5.58 Å². The third-order valence-corrected chi connectivity index (χ3v) is 9.56. The molecule has 0 saturated heterocycles. The molecule has 0 N–H and O–H groups in total. The van der Waals surface area contributed by atoms with Gasteiger partial charge in [-0.15, -0.1) is 0 Å². The lowest BCUT2D eigenvalue weighted by Gasteiger charge is -2.25. The van der Waals surface area contributed by atoms with Gasteiger partial charge in [0.05, 0.1) is 0 Å². The van der Waals surface area contributed by atoms with Crippen molar-refractivity contribution in [3.05, 3.63) is 176 Å². The number of anilines is 3. The molecule has 0 aliphatic carbocycles. The van der Waals surface area contributed by atoms with Crippen LogP contribution in [0.4, 0.5) is 17.2 Å². The van der Waals surface area contributed by atoms with Gasteiger partial charge in [0.1, 0.15) is 22.5 Å². The highest BCUT2D eigenvalue weighted by molar-refractivity contribution is 6.12. The lowest BCUT2D eigenvalue weighted by atomic mass is 9.98. The van der Waals surface area contributed by atoms with E-state index in [1.165, 1.54) is 16.3 Å². The Hall–Kier alpha value is -6.98. The maximum absolute atomic E-state index is 6.53. The molecule has 10 aromatic rings. The van der Waals surface area contributed by atoms with Crippen LogP contribution in [-0.4, -0.2) is 9.97 Å². The SMILES string of the molecule is c1ccc(-c2cccc(N(c3ccc(-c4cccc5ccccc45)cc3)c3cc4oc5cccc(-c6nc7ccccc7o6)c5c4cn3)c2)cc1. The van der Waals surface area contributed by atoms with Crippen LogP contribution in [0, 0.1) is 0 Å². The first-order valence-electron chi connectivity index (χ1n) is 17.0. The van der Waals surface area contributed by atoms with Gasteiger partial charge in [0, 0.05) is 40.0 Å². The number of para-hydroxylation sites is 2. The third-order valence-electron chi connectivity index (χ3n) is 9.56. The van der Waals surface area contributed by atoms with E-state index < -0.39 is 0 Å². The molecule has 51 heavy (non-hydrogen) atoms. The van der Waals surface area contributed by atoms with Gasteiger partial charge in [-0.2, -0.15) is 0 Å². The molecule has 0 bridgehead atoms. The van der Waals surface area contributed by atoms with E-state index >= 15 is 0 Å². The summed E-state index contributed by atoms with van der Waals surface area (Å²) in [4.78, 5) is 12.1. The van der Waals surface area contributed by atoms with Gasteiger partial charge in [0.25, 0.3) is 0 Å². The number of oxazole rings is 1. The predicted octanol–water partition coefficient (Wildman–Crippen LogP) is 12.7. The summed E-state index contributed by atoms with van der Waals surface area (Å²) in [5, 5.41) is 4.28. The summed E-state index contributed by atoms with van der Waals surface area (Å²) in [6.07, 6.45) is 1.90. The Morgan fingerprint density at radius 3 is 2.08 bits per heavy atom. The molecule has 0 aliphatic heterocycles. The van der Waals surface area contributed by atoms with Crippen molar-refractivity contribution < 1.29 is 8.83 Å². The maximum Gasteiger partial charge on any atom is 0.228 e. The molecule has 7 aromatic carbocycles. The lowest BCUT2D eigenvalue weighted by Crippen LogP contribution is -2.11. The summed E-state index contributed by atoms with van der Waals surface area (Å²) in [6, 6.07) is 58.5. The Kier molecular flexibility index (Phi) is 6.74. The van der Waals surface area contributed by atoms with Crippen molar-refractivity contribution in [1.82, 2.24) is 9.97 Å². The Bertz CT molecular complexity index is 2830. The van der Waals surface area contributed by atoms with Crippen LogP contribution in [0.15, 0.2) is 185 Å². The number of furan rings is 1. The normalized spacial score (nSPS) is 11.5. The molecular weight excluding hydrogens is 627 g/mol. The zero-order valence-electron chi connectivity index (χ0n) is 27.4. The molecule has 0 amide bonds. The highest BCUT2D eigenvalue weighted by Crippen LogP contribution is 2.41. The van der Waals surface area contributed by atoms with Crippen LogP contribution in [-0.2, 0) is 0 Å². The molecule has 0 unspecified atom stereocenters. The van der Waals surface area contributed by atoms with E-state index in [-0.39, 0.29) is 0 Å². The van der Waals surface area contributed by atoms with Gasteiger partial charge in [-0.05, 0) is 81.6 Å². The smallest absolute Gasteiger partial charge is 0.228 e. The van der Waals surface area contributed by atoms with Crippen molar-refractivity contribution in [2.24, 2.45) is 0 Å². The van der Waals surface area contributed by atoms with Gasteiger partial charge in [-0.3, -0.25) is 4.90 Å². The van der Waals surface area contributed by atoms with E-state index in [0.717, 1.165) is 72.5 Å². The Balaban J connectivity index is 1.12. The van der Waals surface area contributed by atoms with Crippen LogP contribution in [0.2, 0.25) is 0 Å². The Labute approximate surface area is 293 Å². The van der Waals surface area contributed by atoms with Crippen LogP contribution in [0.1, 0.15) is 0 Å². The number of rotatable bonds is 6. The summed E-state index contributed by atoms with van der Waals surface area (Å²) < 4.78 is 12.7. The average Bonchev–Trinajstić information content (AvgIpc) is 3.80. The monoisotopic (exact) mass is 655 g/mol.